The van der Waals surface area contributed by atoms with Gasteiger partial charge in [0, 0.05) is 24.4 Å². The topological polar surface area (TPSA) is 38.7 Å². The lowest BCUT2D eigenvalue weighted by Gasteiger charge is -1.91. The molecule has 0 fully saturated rings. The van der Waals surface area contributed by atoms with Crippen LogP contribution in [0.4, 0.5) is 0 Å². The van der Waals surface area contributed by atoms with Crippen molar-refractivity contribution in [1.29, 1.82) is 0 Å². The van der Waals surface area contributed by atoms with Gasteiger partial charge >= 0.3 is 0 Å². The van der Waals surface area contributed by atoms with Crippen molar-refractivity contribution < 1.29 is 0 Å². The Hall–Kier alpha value is -1.29. The molecule has 0 N–H and O–H groups in total. The number of aryl methyl sites for hydroxylation is 1. The van der Waals surface area contributed by atoms with E-state index >= 15 is 0 Å². The van der Waals surface area contributed by atoms with E-state index in [1.165, 1.54) is 11.5 Å². The summed E-state index contributed by atoms with van der Waals surface area (Å²) in [5.74, 6) is 0.820. The number of aromatic nitrogens is 3. The molecule has 0 radical (unpaired) electrons. The van der Waals surface area contributed by atoms with E-state index in [9.17, 15) is 0 Å². The third-order valence-electron chi connectivity index (χ3n) is 1.87. The minimum Gasteiger partial charge on any atom is -0.265 e. The van der Waals surface area contributed by atoms with Crippen molar-refractivity contribution in [3.8, 4) is 11.4 Å². The highest BCUT2D eigenvalue weighted by Gasteiger charge is 2.04. The summed E-state index contributed by atoms with van der Waals surface area (Å²) < 4.78 is 4.31. The molecule has 0 aliphatic carbocycles. The third kappa shape index (κ3) is 1.96. The van der Waals surface area contributed by atoms with Gasteiger partial charge in [-0.25, -0.2) is 4.98 Å². The molecule has 2 aromatic rings. The Labute approximate surface area is 87.0 Å². The summed E-state index contributed by atoms with van der Waals surface area (Å²) in [5, 5.41) is 1.11. The Morgan fingerprint density at radius 1 is 1.29 bits per heavy atom. The van der Waals surface area contributed by atoms with E-state index in [1.807, 2.05) is 12.1 Å². The van der Waals surface area contributed by atoms with Gasteiger partial charge in [0.25, 0.3) is 0 Å². The van der Waals surface area contributed by atoms with E-state index in [-0.39, 0.29) is 0 Å². The van der Waals surface area contributed by atoms with Crippen LogP contribution in [-0.2, 0) is 6.42 Å². The van der Waals surface area contributed by atoms with Crippen LogP contribution in [0.15, 0.2) is 24.5 Å². The van der Waals surface area contributed by atoms with E-state index in [0.717, 1.165) is 29.2 Å². The normalized spacial score (nSPS) is 10.4. The Morgan fingerprint density at radius 3 is 2.79 bits per heavy atom. The van der Waals surface area contributed by atoms with Crippen LogP contribution < -0.4 is 0 Å². The molecule has 72 valence electrons. The van der Waals surface area contributed by atoms with Gasteiger partial charge in [0.1, 0.15) is 5.01 Å². The van der Waals surface area contributed by atoms with Crippen LogP contribution in [0.2, 0.25) is 0 Å². The van der Waals surface area contributed by atoms with Gasteiger partial charge in [0.2, 0.25) is 0 Å². The summed E-state index contributed by atoms with van der Waals surface area (Å²) in [6, 6.07) is 3.86. The molecule has 0 aromatic carbocycles. The van der Waals surface area contributed by atoms with Gasteiger partial charge in [-0.1, -0.05) is 6.92 Å². The maximum Gasteiger partial charge on any atom is 0.173 e. The van der Waals surface area contributed by atoms with Crippen LogP contribution in [0.25, 0.3) is 11.4 Å². The number of hydrogen-bond acceptors (Lipinski definition) is 4. The molecule has 0 saturated carbocycles. The van der Waals surface area contributed by atoms with E-state index < -0.39 is 0 Å². The van der Waals surface area contributed by atoms with Crippen LogP contribution in [0.3, 0.4) is 0 Å². The van der Waals surface area contributed by atoms with E-state index in [1.54, 1.807) is 12.4 Å². The standard InChI is InChI=1S/C10H11N3S/c1-2-3-9-12-10(13-14-9)8-4-6-11-7-5-8/h4-7H,2-3H2,1H3. The third-order valence-corrected chi connectivity index (χ3v) is 2.64. The predicted octanol–water partition coefficient (Wildman–Crippen LogP) is 2.55. The van der Waals surface area contributed by atoms with Gasteiger partial charge in [-0.15, -0.1) is 0 Å². The molecule has 4 heteroatoms. The Morgan fingerprint density at radius 2 is 2.07 bits per heavy atom. The average Bonchev–Trinajstić information content (AvgIpc) is 2.68. The summed E-state index contributed by atoms with van der Waals surface area (Å²) in [5.41, 5.74) is 1.04. The first-order chi connectivity index (χ1) is 6.90. The fourth-order valence-corrected chi connectivity index (χ4v) is 1.95. The van der Waals surface area contributed by atoms with Crippen molar-refractivity contribution in [2.75, 3.05) is 0 Å². The average molecular weight is 205 g/mol. The van der Waals surface area contributed by atoms with Crippen LogP contribution in [0, 0.1) is 0 Å². The number of pyridine rings is 1. The van der Waals surface area contributed by atoms with Crippen LogP contribution in [0.1, 0.15) is 18.4 Å². The van der Waals surface area contributed by atoms with Gasteiger partial charge in [0.05, 0.1) is 0 Å². The minimum atomic E-state index is 0.820. The lowest BCUT2D eigenvalue weighted by Crippen LogP contribution is -1.83. The fraction of sp³-hybridized carbons (Fsp3) is 0.300. The highest BCUT2D eigenvalue weighted by molar-refractivity contribution is 7.05. The minimum absolute atomic E-state index is 0.820. The SMILES string of the molecule is CCCc1nc(-c2ccncc2)ns1. The fourth-order valence-electron chi connectivity index (χ4n) is 1.19. The largest absolute Gasteiger partial charge is 0.265 e. The highest BCUT2D eigenvalue weighted by atomic mass is 32.1. The van der Waals surface area contributed by atoms with E-state index in [4.69, 9.17) is 0 Å². The molecular formula is C10H11N3S. The summed E-state index contributed by atoms with van der Waals surface area (Å²) in [6.45, 7) is 2.15. The van der Waals surface area contributed by atoms with Crippen molar-refractivity contribution in [1.82, 2.24) is 14.3 Å². The van der Waals surface area contributed by atoms with Crippen molar-refractivity contribution in [3.63, 3.8) is 0 Å². The Balaban J connectivity index is 2.25. The van der Waals surface area contributed by atoms with Crippen molar-refractivity contribution >= 4 is 11.5 Å². The zero-order valence-electron chi connectivity index (χ0n) is 7.97. The molecule has 0 aliphatic rings. The first-order valence-electron chi connectivity index (χ1n) is 4.63. The summed E-state index contributed by atoms with van der Waals surface area (Å²) in [7, 11) is 0. The molecule has 0 spiro atoms. The van der Waals surface area contributed by atoms with Crippen LogP contribution >= 0.6 is 11.5 Å². The van der Waals surface area contributed by atoms with E-state index in [2.05, 4.69) is 21.3 Å². The Kier molecular flexibility index (Phi) is 2.84. The molecule has 14 heavy (non-hydrogen) atoms. The van der Waals surface area contributed by atoms with Gasteiger partial charge in [-0.05, 0) is 30.1 Å². The van der Waals surface area contributed by atoms with E-state index in [0.29, 0.717) is 0 Å². The maximum atomic E-state index is 4.45. The molecular weight excluding hydrogens is 194 g/mol. The van der Waals surface area contributed by atoms with Gasteiger partial charge in [-0.3, -0.25) is 4.98 Å². The van der Waals surface area contributed by atoms with Gasteiger partial charge in [0.15, 0.2) is 5.82 Å². The van der Waals surface area contributed by atoms with Crippen LogP contribution in [0.5, 0.6) is 0 Å². The molecule has 2 heterocycles. The second-order valence-corrected chi connectivity index (χ2v) is 3.83. The van der Waals surface area contributed by atoms with Crippen molar-refractivity contribution in [2.24, 2.45) is 0 Å². The second-order valence-electron chi connectivity index (χ2n) is 3.00. The lowest BCUT2D eigenvalue weighted by molar-refractivity contribution is 0.909. The first kappa shape index (κ1) is 9.27. The Bertz CT molecular complexity index is 397. The predicted molar refractivity (Wildman–Crippen MR) is 57.1 cm³/mol. The second kappa shape index (κ2) is 4.28. The first-order valence-corrected chi connectivity index (χ1v) is 5.40. The van der Waals surface area contributed by atoms with Gasteiger partial charge in [-0.2, -0.15) is 4.37 Å². The molecule has 2 rings (SSSR count). The number of hydrogen-bond donors (Lipinski definition) is 0. The summed E-state index contributed by atoms with van der Waals surface area (Å²) in [6.07, 6.45) is 5.65. The maximum absolute atomic E-state index is 4.45. The van der Waals surface area contributed by atoms with Gasteiger partial charge < -0.3 is 0 Å². The quantitative estimate of drug-likeness (QED) is 0.773. The molecule has 0 aliphatic heterocycles. The molecule has 3 nitrogen and oxygen atoms in total. The molecule has 0 saturated heterocycles. The summed E-state index contributed by atoms with van der Waals surface area (Å²) in [4.78, 5) is 8.41. The van der Waals surface area contributed by atoms with Crippen molar-refractivity contribution in [3.05, 3.63) is 29.5 Å². The molecule has 0 amide bonds. The monoisotopic (exact) mass is 205 g/mol. The zero-order valence-corrected chi connectivity index (χ0v) is 8.79. The zero-order chi connectivity index (χ0) is 9.80. The number of nitrogens with zero attached hydrogens (tertiary/aromatic N) is 3. The molecule has 2 aromatic heterocycles. The van der Waals surface area contributed by atoms with Crippen LogP contribution in [-0.4, -0.2) is 14.3 Å². The van der Waals surface area contributed by atoms with Crippen molar-refractivity contribution in [2.45, 2.75) is 19.8 Å². The molecule has 0 atom stereocenters. The number of rotatable bonds is 3. The molecule has 0 bridgehead atoms. The summed E-state index contributed by atoms with van der Waals surface area (Å²) >= 11 is 1.49. The lowest BCUT2D eigenvalue weighted by atomic mass is 10.2. The molecule has 0 unspecified atom stereocenters. The highest BCUT2D eigenvalue weighted by Crippen LogP contribution is 2.17. The smallest absolute Gasteiger partial charge is 0.173 e.